The zero-order valence-corrected chi connectivity index (χ0v) is 13.8. The number of carbonyl (C=O) groups excluding carboxylic acids is 1. The van der Waals surface area contributed by atoms with Crippen LogP contribution in [0.4, 0.5) is 17.2 Å². The summed E-state index contributed by atoms with van der Waals surface area (Å²) < 4.78 is 0. The Hall–Kier alpha value is -2.85. The van der Waals surface area contributed by atoms with Crippen molar-refractivity contribution in [1.82, 2.24) is 4.98 Å². The molecule has 1 amide bonds. The lowest BCUT2D eigenvalue weighted by molar-refractivity contribution is 0.102. The van der Waals surface area contributed by atoms with Crippen LogP contribution >= 0.6 is 11.6 Å². The predicted molar refractivity (Wildman–Crippen MR) is 98.1 cm³/mol. The molecule has 0 radical (unpaired) electrons. The minimum atomic E-state index is -0.224. The van der Waals surface area contributed by atoms with E-state index in [9.17, 15) is 4.79 Å². The van der Waals surface area contributed by atoms with Gasteiger partial charge in [0.2, 0.25) is 0 Å². The van der Waals surface area contributed by atoms with Crippen LogP contribution in [0, 0.1) is 6.92 Å². The van der Waals surface area contributed by atoms with Gasteiger partial charge in [0.05, 0.1) is 11.9 Å². The molecule has 3 rings (SSSR count). The van der Waals surface area contributed by atoms with Gasteiger partial charge in [0.1, 0.15) is 5.82 Å². The van der Waals surface area contributed by atoms with Crippen molar-refractivity contribution in [3.8, 4) is 0 Å². The van der Waals surface area contributed by atoms with Crippen molar-refractivity contribution in [1.29, 1.82) is 0 Å². The van der Waals surface area contributed by atoms with Gasteiger partial charge in [0.15, 0.2) is 0 Å². The van der Waals surface area contributed by atoms with Gasteiger partial charge in [-0.1, -0.05) is 35.4 Å². The van der Waals surface area contributed by atoms with E-state index in [0.717, 1.165) is 5.69 Å². The molecular weight excluding hydrogens is 322 g/mol. The number of nitrogens with zero attached hydrogens (tertiary/aromatic N) is 1. The Morgan fingerprint density at radius 1 is 1.00 bits per heavy atom. The number of rotatable bonds is 4. The normalized spacial score (nSPS) is 10.2. The van der Waals surface area contributed by atoms with E-state index < -0.39 is 0 Å². The number of pyridine rings is 1. The first-order valence-corrected chi connectivity index (χ1v) is 7.84. The van der Waals surface area contributed by atoms with Gasteiger partial charge < -0.3 is 10.6 Å². The molecule has 0 aliphatic heterocycles. The molecule has 0 fully saturated rings. The SMILES string of the molecule is Cc1ccc(Nc2ccc(NC(=O)c3cccc(Cl)c3)cn2)cc1. The molecular formula is C19H16ClN3O. The lowest BCUT2D eigenvalue weighted by Crippen LogP contribution is -2.12. The third-order valence-electron chi connectivity index (χ3n) is 3.43. The van der Waals surface area contributed by atoms with Crippen molar-refractivity contribution in [3.63, 3.8) is 0 Å². The van der Waals surface area contributed by atoms with Crippen LogP contribution in [-0.4, -0.2) is 10.9 Å². The van der Waals surface area contributed by atoms with Crippen LogP contribution in [-0.2, 0) is 0 Å². The largest absolute Gasteiger partial charge is 0.340 e. The summed E-state index contributed by atoms with van der Waals surface area (Å²) in [6.45, 7) is 2.04. The minimum absolute atomic E-state index is 0.224. The van der Waals surface area contributed by atoms with E-state index in [1.165, 1.54) is 5.56 Å². The average molecular weight is 338 g/mol. The maximum absolute atomic E-state index is 12.2. The molecule has 1 aromatic heterocycles. The molecule has 5 heteroatoms. The highest BCUT2D eigenvalue weighted by molar-refractivity contribution is 6.31. The van der Waals surface area contributed by atoms with Crippen LogP contribution in [0.2, 0.25) is 5.02 Å². The number of hydrogen-bond donors (Lipinski definition) is 2. The molecule has 0 spiro atoms. The predicted octanol–water partition coefficient (Wildman–Crippen LogP) is 5.04. The number of halogens is 1. The van der Waals surface area contributed by atoms with Crippen molar-refractivity contribution < 1.29 is 4.79 Å². The molecule has 0 atom stereocenters. The molecule has 0 aliphatic carbocycles. The van der Waals surface area contributed by atoms with Crippen LogP contribution in [0.15, 0.2) is 66.9 Å². The number of hydrogen-bond acceptors (Lipinski definition) is 3. The minimum Gasteiger partial charge on any atom is -0.340 e. The van der Waals surface area contributed by atoms with Crippen LogP contribution in [0.1, 0.15) is 15.9 Å². The van der Waals surface area contributed by atoms with Crippen LogP contribution < -0.4 is 10.6 Å². The van der Waals surface area contributed by atoms with Crippen molar-refractivity contribution in [2.45, 2.75) is 6.92 Å². The van der Waals surface area contributed by atoms with Gasteiger partial charge >= 0.3 is 0 Å². The van der Waals surface area contributed by atoms with Gasteiger partial charge in [-0.05, 0) is 49.4 Å². The molecule has 0 saturated carbocycles. The van der Waals surface area contributed by atoms with Crippen LogP contribution in [0.25, 0.3) is 0 Å². The number of aryl methyl sites for hydroxylation is 1. The van der Waals surface area contributed by atoms with Gasteiger partial charge in [0, 0.05) is 16.3 Å². The Labute approximate surface area is 145 Å². The van der Waals surface area contributed by atoms with E-state index in [4.69, 9.17) is 11.6 Å². The van der Waals surface area contributed by atoms with Crippen LogP contribution in [0.3, 0.4) is 0 Å². The van der Waals surface area contributed by atoms with Crippen LogP contribution in [0.5, 0.6) is 0 Å². The molecule has 0 saturated heterocycles. The molecule has 24 heavy (non-hydrogen) atoms. The first-order chi connectivity index (χ1) is 11.6. The molecule has 4 nitrogen and oxygen atoms in total. The lowest BCUT2D eigenvalue weighted by atomic mass is 10.2. The van der Waals surface area contributed by atoms with E-state index >= 15 is 0 Å². The molecule has 2 N–H and O–H groups in total. The zero-order chi connectivity index (χ0) is 16.9. The highest BCUT2D eigenvalue weighted by Gasteiger charge is 2.07. The Kier molecular flexibility index (Phi) is 4.77. The van der Waals surface area contributed by atoms with Gasteiger partial charge in [-0.15, -0.1) is 0 Å². The topological polar surface area (TPSA) is 54.0 Å². The molecule has 0 bridgehead atoms. The Morgan fingerprint density at radius 2 is 1.75 bits per heavy atom. The van der Waals surface area contributed by atoms with E-state index in [2.05, 4.69) is 15.6 Å². The number of aromatic nitrogens is 1. The monoisotopic (exact) mass is 337 g/mol. The quantitative estimate of drug-likeness (QED) is 0.701. The fourth-order valence-corrected chi connectivity index (χ4v) is 2.35. The first kappa shape index (κ1) is 16.0. The molecule has 1 heterocycles. The summed E-state index contributed by atoms with van der Waals surface area (Å²) in [4.78, 5) is 16.5. The highest BCUT2D eigenvalue weighted by Crippen LogP contribution is 2.18. The van der Waals surface area contributed by atoms with Gasteiger partial charge in [0.25, 0.3) is 5.91 Å². The number of nitrogens with one attached hydrogen (secondary N) is 2. The maximum Gasteiger partial charge on any atom is 0.255 e. The fraction of sp³-hybridized carbons (Fsp3) is 0.0526. The molecule has 0 unspecified atom stereocenters. The smallest absolute Gasteiger partial charge is 0.255 e. The lowest BCUT2D eigenvalue weighted by Gasteiger charge is -2.08. The van der Waals surface area contributed by atoms with E-state index in [1.54, 1.807) is 36.5 Å². The summed E-state index contributed by atoms with van der Waals surface area (Å²) in [5.74, 6) is 0.484. The number of amides is 1. The summed E-state index contributed by atoms with van der Waals surface area (Å²) in [6, 6.07) is 18.5. The third-order valence-corrected chi connectivity index (χ3v) is 3.67. The number of carbonyl (C=O) groups is 1. The second-order valence-corrected chi connectivity index (χ2v) is 5.82. The average Bonchev–Trinajstić information content (AvgIpc) is 2.59. The van der Waals surface area contributed by atoms with Crippen molar-refractivity contribution in [3.05, 3.63) is 83.0 Å². The van der Waals surface area contributed by atoms with Crippen molar-refractivity contribution in [2.24, 2.45) is 0 Å². The summed E-state index contributed by atoms with van der Waals surface area (Å²) in [7, 11) is 0. The fourth-order valence-electron chi connectivity index (χ4n) is 2.16. The Bertz CT molecular complexity index is 845. The molecule has 120 valence electrons. The zero-order valence-electron chi connectivity index (χ0n) is 13.1. The molecule has 0 aliphatic rings. The standard InChI is InChI=1S/C19H16ClN3O/c1-13-5-7-16(8-6-13)22-18-10-9-17(12-21-18)23-19(24)14-3-2-4-15(20)11-14/h2-12H,1H3,(H,21,22)(H,23,24). The van der Waals surface area contributed by atoms with E-state index in [-0.39, 0.29) is 5.91 Å². The van der Waals surface area contributed by atoms with E-state index in [0.29, 0.717) is 22.1 Å². The summed E-state index contributed by atoms with van der Waals surface area (Å²) >= 11 is 5.90. The summed E-state index contributed by atoms with van der Waals surface area (Å²) in [6.07, 6.45) is 1.61. The van der Waals surface area contributed by atoms with Gasteiger partial charge in [-0.2, -0.15) is 0 Å². The van der Waals surface area contributed by atoms with E-state index in [1.807, 2.05) is 37.3 Å². The second-order valence-electron chi connectivity index (χ2n) is 5.39. The molecule has 2 aromatic carbocycles. The van der Waals surface area contributed by atoms with Gasteiger partial charge in [-0.25, -0.2) is 4.98 Å². The third kappa shape index (κ3) is 4.12. The Balaban J connectivity index is 1.66. The van der Waals surface area contributed by atoms with Crippen molar-refractivity contribution in [2.75, 3.05) is 10.6 Å². The number of benzene rings is 2. The summed E-state index contributed by atoms with van der Waals surface area (Å²) in [5.41, 5.74) is 3.29. The van der Waals surface area contributed by atoms with Gasteiger partial charge in [-0.3, -0.25) is 4.79 Å². The first-order valence-electron chi connectivity index (χ1n) is 7.47. The Morgan fingerprint density at radius 3 is 2.42 bits per heavy atom. The highest BCUT2D eigenvalue weighted by atomic mass is 35.5. The second kappa shape index (κ2) is 7.15. The maximum atomic E-state index is 12.2. The van der Waals surface area contributed by atoms with Crippen molar-refractivity contribution >= 4 is 34.7 Å². The summed E-state index contributed by atoms with van der Waals surface area (Å²) in [5, 5.41) is 6.53. The molecule has 3 aromatic rings. The number of anilines is 3.